The largest absolute Gasteiger partial charge is 0.442 e. The third-order valence-corrected chi connectivity index (χ3v) is 5.72. The summed E-state index contributed by atoms with van der Waals surface area (Å²) < 4.78 is 13.9. The van der Waals surface area contributed by atoms with Crippen LogP contribution in [0, 0.1) is 5.41 Å². The SMILES string of the molecule is CC1(COCc2ccccc2)CCc2c(CI)nn(C(=O)OC(C)(C)C)c2C1. The van der Waals surface area contributed by atoms with E-state index in [-0.39, 0.29) is 5.41 Å². The molecule has 1 aliphatic rings. The smallest absolute Gasteiger partial charge is 0.435 e. The molecule has 1 atom stereocenters. The molecule has 5 nitrogen and oxygen atoms in total. The van der Waals surface area contributed by atoms with Gasteiger partial charge in [-0.05, 0) is 56.6 Å². The lowest BCUT2D eigenvalue weighted by molar-refractivity contribution is 0.0318. The molecule has 1 aromatic heterocycles. The maximum Gasteiger partial charge on any atom is 0.435 e. The van der Waals surface area contributed by atoms with E-state index in [0.29, 0.717) is 13.2 Å². The number of fused-ring (bicyclic) bond motifs is 1. The molecule has 1 aliphatic carbocycles. The minimum absolute atomic E-state index is 0.0237. The number of ether oxygens (including phenoxy) is 2. The van der Waals surface area contributed by atoms with Gasteiger partial charge in [-0.2, -0.15) is 9.78 Å². The maximum atomic E-state index is 12.7. The lowest BCUT2D eigenvalue weighted by Gasteiger charge is -2.34. The molecule has 1 unspecified atom stereocenters. The van der Waals surface area contributed by atoms with Crippen LogP contribution in [0.25, 0.3) is 0 Å². The highest BCUT2D eigenvalue weighted by Gasteiger charge is 2.36. The Morgan fingerprint density at radius 3 is 2.64 bits per heavy atom. The summed E-state index contributed by atoms with van der Waals surface area (Å²) in [4.78, 5) is 12.7. The van der Waals surface area contributed by atoms with Gasteiger partial charge in [0.2, 0.25) is 0 Å². The molecular weight excluding hydrogens is 467 g/mol. The van der Waals surface area contributed by atoms with Gasteiger partial charge in [0.15, 0.2) is 0 Å². The molecular formula is C22H29IN2O3. The molecule has 1 heterocycles. The molecule has 28 heavy (non-hydrogen) atoms. The molecule has 0 saturated heterocycles. The summed E-state index contributed by atoms with van der Waals surface area (Å²) in [6, 6.07) is 10.2. The van der Waals surface area contributed by atoms with Crippen molar-refractivity contribution in [1.82, 2.24) is 9.78 Å². The van der Waals surface area contributed by atoms with Crippen LogP contribution in [0.5, 0.6) is 0 Å². The minimum atomic E-state index is -0.544. The van der Waals surface area contributed by atoms with E-state index in [9.17, 15) is 4.79 Å². The number of rotatable bonds is 5. The molecule has 0 bridgehead atoms. The molecule has 0 radical (unpaired) electrons. The summed E-state index contributed by atoms with van der Waals surface area (Å²) in [5, 5.41) is 4.58. The first-order chi connectivity index (χ1) is 13.2. The molecule has 0 saturated carbocycles. The van der Waals surface area contributed by atoms with Crippen LogP contribution in [0.15, 0.2) is 30.3 Å². The fourth-order valence-electron chi connectivity index (χ4n) is 3.60. The van der Waals surface area contributed by atoms with Crippen LogP contribution in [0.4, 0.5) is 4.79 Å². The van der Waals surface area contributed by atoms with E-state index in [2.05, 4.69) is 46.7 Å². The van der Waals surface area contributed by atoms with Crippen LogP contribution >= 0.6 is 22.6 Å². The maximum absolute atomic E-state index is 12.7. The summed E-state index contributed by atoms with van der Waals surface area (Å²) >= 11 is 2.31. The number of carbonyl (C=O) groups is 1. The number of hydrogen-bond acceptors (Lipinski definition) is 4. The Balaban J connectivity index is 1.74. The van der Waals surface area contributed by atoms with Gasteiger partial charge in [-0.3, -0.25) is 0 Å². The molecule has 0 amide bonds. The highest BCUT2D eigenvalue weighted by atomic mass is 127. The summed E-state index contributed by atoms with van der Waals surface area (Å²) in [6.45, 7) is 9.12. The molecule has 0 spiro atoms. The lowest BCUT2D eigenvalue weighted by Crippen LogP contribution is -2.34. The second-order valence-corrected chi connectivity index (χ2v) is 9.63. The minimum Gasteiger partial charge on any atom is -0.442 e. The van der Waals surface area contributed by atoms with Crippen LogP contribution in [0.2, 0.25) is 0 Å². The van der Waals surface area contributed by atoms with Crippen molar-refractivity contribution in [3.05, 3.63) is 52.8 Å². The van der Waals surface area contributed by atoms with E-state index >= 15 is 0 Å². The van der Waals surface area contributed by atoms with Gasteiger partial charge in [-0.25, -0.2) is 4.79 Å². The summed E-state index contributed by atoms with van der Waals surface area (Å²) in [6.07, 6.45) is 2.31. The standard InChI is InChI=1S/C22H29IN2O3/c1-21(2,3)28-20(26)25-19-12-22(4,11-10-17(19)18(13-23)24-25)15-27-14-16-8-6-5-7-9-16/h5-9H,10-15H2,1-4H3. The zero-order valence-corrected chi connectivity index (χ0v) is 19.3. The topological polar surface area (TPSA) is 53.4 Å². The number of carbonyl (C=O) groups excluding carboxylic acids is 1. The highest BCUT2D eigenvalue weighted by molar-refractivity contribution is 14.1. The average Bonchev–Trinajstić information content (AvgIpc) is 2.98. The van der Waals surface area contributed by atoms with E-state index < -0.39 is 11.7 Å². The van der Waals surface area contributed by atoms with Crippen molar-refractivity contribution in [2.75, 3.05) is 6.61 Å². The predicted octanol–water partition coefficient (Wildman–Crippen LogP) is 5.31. The van der Waals surface area contributed by atoms with E-state index in [4.69, 9.17) is 9.47 Å². The summed E-state index contributed by atoms with van der Waals surface area (Å²) in [7, 11) is 0. The molecule has 0 aliphatic heterocycles. The number of halogens is 1. The van der Waals surface area contributed by atoms with Gasteiger partial charge >= 0.3 is 6.09 Å². The zero-order chi connectivity index (χ0) is 20.4. The Morgan fingerprint density at radius 1 is 1.29 bits per heavy atom. The third kappa shape index (κ3) is 5.14. The number of nitrogens with zero attached hydrogens (tertiary/aromatic N) is 2. The van der Waals surface area contributed by atoms with Gasteiger partial charge in [0, 0.05) is 4.43 Å². The molecule has 152 valence electrons. The van der Waals surface area contributed by atoms with Gasteiger partial charge in [0.25, 0.3) is 0 Å². The first-order valence-corrected chi connectivity index (χ1v) is 11.2. The monoisotopic (exact) mass is 496 g/mol. The first kappa shape index (κ1) is 21.3. The summed E-state index contributed by atoms with van der Waals surface area (Å²) in [5.74, 6) is 0. The summed E-state index contributed by atoms with van der Waals surface area (Å²) in [5.41, 5.74) is 3.79. The van der Waals surface area contributed by atoms with Crippen LogP contribution in [-0.4, -0.2) is 28.1 Å². The van der Waals surface area contributed by atoms with Crippen LogP contribution in [0.1, 0.15) is 56.6 Å². The van der Waals surface area contributed by atoms with Crippen LogP contribution < -0.4 is 0 Å². The molecule has 3 rings (SSSR count). The average molecular weight is 496 g/mol. The van der Waals surface area contributed by atoms with Crippen molar-refractivity contribution in [3.63, 3.8) is 0 Å². The van der Waals surface area contributed by atoms with Crippen molar-refractivity contribution < 1.29 is 14.3 Å². The Bertz CT molecular complexity index is 826. The number of aromatic nitrogens is 2. The third-order valence-electron chi connectivity index (χ3n) is 5.00. The van der Waals surface area contributed by atoms with Crippen molar-refractivity contribution in [2.24, 2.45) is 5.41 Å². The number of benzene rings is 1. The van der Waals surface area contributed by atoms with Gasteiger partial charge in [-0.1, -0.05) is 59.8 Å². The Labute approximate surface area is 180 Å². The molecule has 2 aromatic rings. The van der Waals surface area contributed by atoms with Gasteiger partial charge in [-0.15, -0.1) is 0 Å². The Morgan fingerprint density at radius 2 is 2.00 bits per heavy atom. The van der Waals surface area contributed by atoms with Gasteiger partial charge < -0.3 is 9.47 Å². The second-order valence-electron chi connectivity index (χ2n) is 8.86. The Kier molecular flexibility index (Phi) is 6.49. The number of hydrogen-bond donors (Lipinski definition) is 0. The zero-order valence-electron chi connectivity index (χ0n) is 17.1. The van der Waals surface area contributed by atoms with Crippen molar-refractivity contribution in [2.45, 2.75) is 63.6 Å². The predicted molar refractivity (Wildman–Crippen MR) is 118 cm³/mol. The quantitative estimate of drug-likeness (QED) is 0.416. The van der Waals surface area contributed by atoms with Gasteiger partial charge in [0.1, 0.15) is 5.60 Å². The second kappa shape index (κ2) is 8.53. The fraction of sp³-hybridized carbons (Fsp3) is 0.545. The van der Waals surface area contributed by atoms with Crippen LogP contribution in [-0.2, 0) is 33.3 Å². The van der Waals surface area contributed by atoms with Crippen molar-refractivity contribution in [3.8, 4) is 0 Å². The van der Waals surface area contributed by atoms with Crippen LogP contribution in [0.3, 0.4) is 0 Å². The molecule has 0 fully saturated rings. The van der Waals surface area contributed by atoms with E-state index in [1.54, 1.807) is 0 Å². The molecule has 0 N–H and O–H groups in total. The molecule has 1 aromatic carbocycles. The van der Waals surface area contributed by atoms with Crippen molar-refractivity contribution in [1.29, 1.82) is 0 Å². The number of alkyl halides is 1. The van der Waals surface area contributed by atoms with E-state index in [1.807, 2.05) is 39.0 Å². The van der Waals surface area contributed by atoms with E-state index in [0.717, 1.165) is 35.1 Å². The molecule has 6 heteroatoms. The van der Waals surface area contributed by atoms with Crippen molar-refractivity contribution >= 4 is 28.7 Å². The van der Waals surface area contributed by atoms with Gasteiger partial charge in [0.05, 0.1) is 24.6 Å². The normalized spacial score (nSPS) is 19.3. The lowest BCUT2D eigenvalue weighted by atomic mass is 9.75. The highest BCUT2D eigenvalue weighted by Crippen LogP contribution is 2.38. The first-order valence-electron chi connectivity index (χ1n) is 9.71. The van der Waals surface area contributed by atoms with E-state index in [1.165, 1.54) is 15.8 Å². The fourth-order valence-corrected chi connectivity index (χ4v) is 4.21. The Hall–Kier alpha value is -1.41.